The maximum Gasteiger partial charge on any atom is 0.288 e. The molecule has 7 nitrogen and oxygen atoms in total. The third-order valence-electron chi connectivity index (χ3n) is 4.12. The second-order valence-corrected chi connectivity index (χ2v) is 9.30. The maximum absolute atomic E-state index is 12.9. The van der Waals surface area contributed by atoms with Crippen LogP contribution in [-0.4, -0.2) is 53.6 Å². The molecule has 0 bridgehead atoms. The number of halogens is 4. The number of aromatic nitrogens is 2. The van der Waals surface area contributed by atoms with Gasteiger partial charge in [-0.2, -0.15) is 9.40 Å². The zero-order valence-corrected chi connectivity index (χ0v) is 17.6. The van der Waals surface area contributed by atoms with Crippen molar-refractivity contribution in [3.05, 3.63) is 54.8 Å². The summed E-state index contributed by atoms with van der Waals surface area (Å²) in [5.74, 6) is 0. The quantitative estimate of drug-likeness (QED) is 0.685. The minimum absolute atomic E-state index is 0.0801. The molecule has 1 fully saturated rings. The van der Waals surface area contributed by atoms with Crippen LogP contribution in [-0.2, 0) is 16.7 Å². The van der Waals surface area contributed by atoms with E-state index in [-0.39, 0.29) is 44.7 Å². The molecule has 12 heteroatoms. The summed E-state index contributed by atoms with van der Waals surface area (Å²) in [6.07, 6.45) is 1.30. The summed E-state index contributed by atoms with van der Waals surface area (Å²) in [7, 11) is -3.82. The van der Waals surface area contributed by atoms with Crippen LogP contribution >= 0.6 is 46.4 Å². The van der Waals surface area contributed by atoms with Crippen molar-refractivity contribution in [2.75, 3.05) is 26.2 Å². The van der Waals surface area contributed by atoms with Crippen LogP contribution in [0.1, 0.15) is 0 Å². The van der Waals surface area contributed by atoms with Gasteiger partial charge in [-0.3, -0.25) is 9.69 Å². The molecule has 3 rings (SSSR count). The predicted molar refractivity (Wildman–Crippen MR) is 105 cm³/mol. The highest BCUT2D eigenvalue weighted by Gasteiger charge is 2.32. The van der Waals surface area contributed by atoms with Crippen molar-refractivity contribution < 1.29 is 8.42 Å². The number of sulfonamides is 1. The first kappa shape index (κ1) is 20.9. The van der Waals surface area contributed by atoms with Gasteiger partial charge in [-0.05, 0) is 12.1 Å². The van der Waals surface area contributed by atoms with Crippen molar-refractivity contribution in [1.82, 2.24) is 19.0 Å². The van der Waals surface area contributed by atoms with E-state index in [2.05, 4.69) is 5.10 Å². The molecule has 2 heterocycles. The molecule has 0 N–H and O–H groups in total. The fourth-order valence-corrected chi connectivity index (χ4v) is 5.49. The molecule has 0 aliphatic carbocycles. The molecule has 2 aromatic rings. The molecule has 0 atom stereocenters. The number of benzene rings is 1. The minimum Gasteiger partial charge on any atom is -0.282 e. The first-order valence-electron chi connectivity index (χ1n) is 7.79. The van der Waals surface area contributed by atoms with Crippen LogP contribution in [0.3, 0.4) is 0 Å². The van der Waals surface area contributed by atoms with Crippen LogP contribution in [0.15, 0.2) is 34.1 Å². The third-order valence-corrected chi connectivity index (χ3v) is 7.73. The molecule has 1 aliphatic heterocycles. The number of piperazine rings is 1. The Labute approximate surface area is 176 Å². The Morgan fingerprint density at radius 3 is 2.15 bits per heavy atom. The fourth-order valence-electron chi connectivity index (χ4n) is 2.70. The fraction of sp³-hybridized carbons (Fsp3) is 0.333. The van der Waals surface area contributed by atoms with Gasteiger partial charge >= 0.3 is 0 Å². The molecule has 1 aromatic carbocycles. The Morgan fingerprint density at radius 2 is 1.56 bits per heavy atom. The van der Waals surface area contributed by atoms with Crippen molar-refractivity contribution >= 4 is 56.4 Å². The van der Waals surface area contributed by atoms with Gasteiger partial charge in [-0.25, -0.2) is 13.1 Å². The molecule has 0 unspecified atom stereocenters. The van der Waals surface area contributed by atoms with E-state index in [0.717, 1.165) is 0 Å². The Kier molecular flexibility index (Phi) is 6.37. The summed E-state index contributed by atoms with van der Waals surface area (Å²) >= 11 is 23.7. The maximum atomic E-state index is 12.9. The second kappa shape index (κ2) is 8.24. The van der Waals surface area contributed by atoms with E-state index >= 15 is 0 Å². The van der Waals surface area contributed by atoms with Gasteiger partial charge in [0.15, 0.2) is 0 Å². The van der Waals surface area contributed by atoms with E-state index < -0.39 is 15.6 Å². The number of hydrogen-bond donors (Lipinski definition) is 0. The lowest BCUT2D eigenvalue weighted by atomic mass is 10.4. The number of hydrogen-bond acceptors (Lipinski definition) is 5. The molecular weight excluding hydrogens is 458 g/mol. The largest absolute Gasteiger partial charge is 0.288 e. The van der Waals surface area contributed by atoms with Crippen molar-refractivity contribution in [2.24, 2.45) is 0 Å². The SMILES string of the molecule is O=c1c(Cl)c(Cl)cnn1CN1CCN(S(=O)(=O)c2c(Cl)cccc2Cl)CC1. The molecule has 27 heavy (non-hydrogen) atoms. The van der Waals surface area contributed by atoms with E-state index in [1.165, 1.54) is 27.3 Å². The Balaban J connectivity index is 1.72. The van der Waals surface area contributed by atoms with Crippen molar-refractivity contribution in [1.29, 1.82) is 0 Å². The first-order chi connectivity index (χ1) is 12.7. The highest BCUT2D eigenvalue weighted by Crippen LogP contribution is 2.31. The van der Waals surface area contributed by atoms with Gasteiger partial charge in [-0.15, -0.1) is 0 Å². The van der Waals surface area contributed by atoms with Crippen molar-refractivity contribution in [2.45, 2.75) is 11.6 Å². The van der Waals surface area contributed by atoms with Crippen LogP contribution in [0.5, 0.6) is 0 Å². The van der Waals surface area contributed by atoms with Gasteiger partial charge in [-0.1, -0.05) is 52.5 Å². The average Bonchev–Trinajstić information content (AvgIpc) is 2.62. The third kappa shape index (κ3) is 4.27. The smallest absolute Gasteiger partial charge is 0.282 e. The van der Waals surface area contributed by atoms with E-state index in [1.807, 2.05) is 4.90 Å². The lowest BCUT2D eigenvalue weighted by Crippen LogP contribution is -2.49. The van der Waals surface area contributed by atoms with Crippen LogP contribution in [0.25, 0.3) is 0 Å². The average molecular weight is 472 g/mol. The van der Waals surface area contributed by atoms with Gasteiger partial charge < -0.3 is 0 Å². The Morgan fingerprint density at radius 1 is 0.963 bits per heavy atom. The molecule has 1 saturated heterocycles. The van der Waals surface area contributed by atoms with E-state index in [0.29, 0.717) is 13.1 Å². The summed E-state index contributed by atoms with van der Waals surface area (Å²) in [6.45, 7) is 1.42. The van der Waals surface area contributed by atoms with E-state index in [4.69, 9.17) is 46.4 Å². The summed E-state index contributed by atoms with van der Waals surface area (Å²) < 4.78 is 28.2. The molecule has 146 valence electrons. The Hall–Kier alpha value is -0.870. The molecule has 0 radical (unpaired) electrons. The van der Waals surface area contributed by atoms with Gasteiger partial charge in [0.2, 0.25) is 10.0 Å². The minimum atomic E-state index is -3.82. The van der Waals surface area contributed by atoms with E-state index in [1.54, 1.807) is 6.07 Å². The van der Waals surface area contributed by atoms with E-state index in [9.17, 15) is 13.2 Å². The summed E-state index contributed by atoms with van der Waals surface area (Å²) in [5, 5.41) is 4.10. The number of nitrogens with zero attached hydrogens (tertiary/aromatic N) is 4. The molecule has 0 spiro atoms. The van der Waals surface area contributed by atoms with Gasteiger partial charge in [0.05, 0.1) is 27.9 Å². The zero-order valence-electron chi connectivity index (χ0n) is 13.8. The lowest BCUT2D eigenvalue weighted by Gasteiger charge is -2.34. The summed E-state index contributed by atoms with van der Waals surface area (Å²) in [4.78, 5) is 13.9. The highest BCUT2D eigenvalue weighted by atomic mass is 35.5. The van der Waals surface area contributed by atoms with Gasteiger partial charge in [0, 0.05) is 26.2 Å². The van der Waals surface area contributed by atoms with Crippen LogP contribution < -0.4 is 5.56 Å². The second-order valence-electron chi connectivity index (χ2n) is 5.83. The topological polar surface area (TPSA) is 75.5 Å². The molecule has 1 aliphatic rings. The summed E-state index contributed by atoms with van der Waals surface area (Å²) in [6, 6.07) is 4.56. The first-order valence-corrected chi connectivity index (χ1v) is 10.7. The zero-order chi connectivity index (χ0) is 19.8. The standard InChI is InChI=1S/C15H14Cl4N4O3S/c16-10-2-1-3-11(17)14(10)27(25,26)22-6-4-21(5-7-22)9-23-15(24)13(19)12(18)8-20-23/h1-3,8H,4-7,9H2. The number of rotatable bonds is 4. The lowest BCUT2D eigenvalue weighted by molar-refractivity contribution is 0.143. The molecule has 0 saturated carbocycles. The highest BCUT2D eigenvalue weighted by molar-refractivity contribution is 7.89. The monoisotopic (exact) mass is 470 g/mol. The van der Waals surface area contributed by atoms with Crippen LogP contribution in [0.2, 0.25) is 20.1 Å². The Bertz CT molecular complexity index is 1000. The molecule has 0 amide bonds. The van der Waals surface area contributed by atoms with Gasteiger partial charge in [0.25, 0.3) is 5.56 Å². The van der Waals surface area contributed by atoms with Crippen molar-refractivity contribution in [3.63, 3.8) is 0 Å². The normalized spacial score (nSPS) is 16.6. The molecular formula is C15H14Cl4N4O3S. The van der Waals surface area contributed by atoms with Gasteiger partial charge in [0.1, 0.15) is 9.92 Å². The van der Waals surface area contributed by atoms with Crippen LogP contribution in [0, 0.1) is 0 Å². The molecule has 1 aromatic heterocycles. The van der Waals surface area contributed by atoms with Crippen molar-refractivity contribution in [3.8, 4) is 0 Å². The predicted octanol–water partition coefficient (Wildman–Crippen LogP) is 2.82. The summed E-state index contributed by atoms with van der Waals surface area (Å²) in [5.41, 5.74) is -0.498. The van der Waals surface area contributed by atoms with Crippen LogP contribution in [0.4, 0.5) is 0 Å².